The Hall–Kier alpha value is -1.65. The highest BCUT2D eigenvalue weighted by Crippen LogP contribution is 2.65. The lowest BCUT2D eigenvalue weighted by molar-refractivity contribution is -0.149. The molecule has 32 heavy (non-hydrogen) atoms. The molecule has 180 valence electrons. The standard InChI is InChI=1S/C27H43NO4/c1-18-24(30)28-17-20-22(27(20,4)5)23(28)21(29)16-19(25(31)32-6)14-12-10-8-7-9-11-13-15-26(18,2)3/h7,9,18-20,22-23H,8,10-17H2,1-6H3/t18-,19-,20?,22+,23-/m1/s1. The number of hydrogen-bond acceptors (Lipinski definition) is 4. The zero-order valence-electron chi connectivity index (χ0n) is 21.0. The lowest BCUT2D eigenvalue weighted by Crippen LogP contribution is -2.50. The van der Waals surface area contributed by atoms with E-state index in [0.717, 1.165) is 38.5 Å². The third kappa shape index (κ3) is 4.97. The molecule has 1 unspecified atom stereocenters. The van der Waals surface area contributed by atoms with Crippen molar-refractivity contribution in [2.75, 3.05) is 13.7 Å². The number of carbonyl (C=O) groups excluding carboxylic acids is 3. The average Bonchev–Trinajstić information content (AvgIpc) is 3.09. The summed E-state index contributed by atoms with van der Waals surface area (Å²) in [4.78, 5) is 41.6. The van der Waals surface area contributed by atoms with Crippen LogP contribution in [0.1, 0.15) is 86.0 Å². The molecule has 3 aliphatic rings. The number of ketones is 1. The molecule has 1 aliphatic carbocycles. The monoisotopic (exact) mass is 445 g/mol. The maximum absolute atomic E-state index is 13.7. The van der Waals surface area contributed by atoms with Gasteiger partial charge in [0, 0.05) is 18.9 Å². The van der Waals surface area contributed by atoms with Gasteiger partial charge in [0.25, 0.3) is 0 Å². The van der Waals surface area contributed by atoms with Gasteiger partial charge in [-0.2, -0.15) is 0 Å². The number of fused-ring (bicyclic) bond motifs is 3. The fraction of sp³-hybridized carbons (Fsp3) is 0.815. The van der Waals surface area contributed by atoms with Crippen molar-refractivity contribution in [3.05, 3.63) is 12.2 Å². The SMILES string of the molecule is COC(=O)[C@@H]1CCCCC=CCCCC(C)(C)[C@H](C)C(=O)N2CC3[C@@H]([C@H]2C(=O)C1)C3(C)C. The summed E-state index contributed by atoms with van der Waals surface area (Å²) in [6.07, 6.45) is 11.3. The van der Waals surface area contributed by atoms with Gasteiger partial charge in [-0.3, -0.25) is 14.4 Å². The molecule has 1 saturated carbocycles. The van der Waals surface area contributed by atoms with E-state index in [1.807, 2.05) is 11.8 Å². The number of carbonyl (C=O) groups is 3. The third-order valence-corrected chi connectivity index (χ3v) is 8.88. The van der Waals surface area contributed by atoms with Crippen LogP contribution in [-0.2, 0) is 19.1 Å². The lowest BCUT2D eigenvalue weighted by atomic mass is 9.75. The first-order chi connectivity index (χ1) is 15.0. The largest absolute Gasteiger partial charge is 0.469 e. The van der Waals surface area contributed by atoms with Crippen LogP contribution in [0.4, 0.5) is 0 Å². The van der Waals surface area contributed by atoms with E-state index in [2.05, 4.69) is 39.8 Å². The Morgan fingerprint density at radius 3 is 2.38 bits per heavy atom. The Bertz CT molecular complexity index is 753. The van der Waals surface area contributed by atoms with Gasteiger partial charge in [-0.15, -0.1) is 0 Å². The molecule has 5 atom stereocenters. The highest BCUT2D eigenvalue weighted by atomic mass is 16.5. The topological polar surface area (TPSA) is 63.7 Å². The number of ether oxygens (including phenoxy) is 1. The highest BCUT2D eigenvalue weighted by molar-refractivity contribution is 5.93. The van der Waals surface area contributed by atoms with Gasteiger partial charge in [-0.05, 0) is 61.2 Å². The lowest BCUT2D eigenvalue weighted by Gasteiger charge is -2.38. The number of allylic oxidation sites excluding steroid dienone is 2. The van der Waals surface area contributed by atoms with E-state index < -0.39 is 12.0 Å². The number of esters is 1. The van der Waals surface area contributed by atoms with Gasteiger partial charge in [0.05, 0.1) is 19.1 Å². The molecule has 0 aromatic carbocycles. The summed E-state index contributed by atoms with van der Waals surface area (Å²) in [7, 11) is 1.40. The third-order valence-electron chi connectivity index (χ3n) is 8.88. The van der Waals surface area contributed by atoms with E-state index in [9.17, 15) is 14.4 Å². The molecular formula is C27H43NO4. The maximum atomic E-state index is 13.7. The first-order valence-corrected chi connectivity index (χ1v) is 12.6. The molecule has 5 nitrogen and oxygen atoms in total. The van der Waals surface area contributed by atoms with E-state index in [1.54, 1.807) is 0 Å². The number of methoxy groups -OCH3 is 1. The first-order valence-electron chi connectivity index (χ1n) is 12.6. The van der Waals surface area contributed by atoms with Gasteiger partial charge in [0.1, 0.15) is 0 Å². The van der Waals surface area contributed by atoms with E-state index in [1.165, 1.54) is 7.11 Å². The summed E-state index contributed by atoms with van der Waals surface area (Å²) in [6.45, 7) is 11.5. The predicted octanol–water partition coefficient (Wildman–Crippen LogP) is 5.18. The molecule has 0 aromatic heterocycles. The van der Waals surface area contributed by atoms with Crippen molar-refractivity contribution in [1.29, 1.82) is 0 Å². The van der Waals surface area contributed by atoms with Gasteiger partial charge in [0.15, 0.2) is 5.78 Å². The molecule has 0 spiro atoms. The summed E-state index contributed by atoms with van der Waals surface area (Å²) in [5, 5.41) is 0. The van der Waals surface area contributed by atoms with Crippen molar-refractivity contribution in [1.82, 2.24) is 4.90 Å². The Kier molecular flexibility index (Phi) is 7.56. The van der Waals surface area contributed by atoms with Crippen molar-refractivity contribution in [2.24, 2.45) is 34.5 Å². The number of hydrogen-bond donors (Lipinski definition) is 0. The Labute approximate surface area is 194 Å². The molecule has 1 amide bonds. The van der Waals surface area contributed by atoms with Crippen LogP contribution in [0.5, 0.6) is 0 Å². The summed E-state index contributed by atoms with van der Waals surface area (Å²) < 4.78 is 5.03. The zero-order chi connectivity index (χ0) is 23.7. The van der Waals surface area contributed by atoms with E-state index in [-0.39, 0.29) is 46.7 Å². The van der Waals surface area contributed by atoms with Crippen LogP contribution in [-0.4, -0.2) is 42.3 Å². The van der Waals surface area contributed by atoms with Crippen molar-refractivity contribution >= 4 is 17.7 Å². The van der Waals surface area contributed by atoms with Crippen LogP contribution in [0, 0.1) is 34.5 Å². The minimum atomic E-state index is -0.418. The normalized spacial score (nSPS) is 35.6. The quantitative estimate of drug-likeness (QED) is 0.412. The van der Waals surface area contributed by atoms with Gasteiger partial charge < -0.3 is 9.64 Å². The van der Waals surface area contributed by atoms with Crippen molar-refractivity contribution in [3.63, 3.8) is 0 Å². The molecular weight excluding hydrogens is 402 g/mol. The molecule has 0 bridgehead atoms. The number of amides is 1. The summed E-state index contributed by atoms with van der Waals surface area (Å²) >= 11 is 0. The number of nitrogens with zero attached hydrogens (tertiary/aromatic N) is 1. The fourth-order valence-electron chi connectivity index (χ4n) is 6.08. The van der Waals surface area contributed by atoms with Gasteiger partial charge in [0.2, 0.25) is 5.91 Å². The molecule has 0 radical (unpaired) electrons. The summed E-state index contributed by atoms with van der Waals surface area (Å²) in [6, 6.07) is -0.398. The van der Waals surface area contributed by atoms with Gasteiger partial charge in [-0.25, -0.2) is 0 Å². The fourth-order valence-corrected chi connectivity index (χ4v) is 6.08. The van der Waals surface area contributed by atoms with Crippen LogP contribution in [0.15, 0.2) is 12.2 Å². The summed E-state index contributed by atoms with van der Waals surface area (Å²) in [5.41, 5.74) is -0.0373. The number of rotatable bonds is 1. The molecule has 3 rings (SSSR count). The van der Waals surface area contributed by atoms with Gasteiger partial charge >= 0.3 is 5.97 Å². The predicted molar refractivity (Wildman–Crippen MR) is 126 cm³/mol. The average molecular weight is 446 g/mol. The van der Waals surface area contributed by atoms with Crippen molar-refractivity contribution in [3.8, 4) is 0 Å². The highest BCUT2D eigenvalue weighted by Gasteiger charge is 2.69. The van der Waals surface area contributed by atoms with E-state index in [4.69, 9.17) is 4.74 Å². The number of Topliss-reactive ketones (excluding diaryl/α,β-unsaturated/α-hetero) is 1. The molecule has 2 aliphatic heterocycles. The van der Waals surface area contributed by atoms with Crippen LogP contribution >= 0.6 is 0 Å². The molecule has 5 heteroatoms. The second kappa shape index (κ2) is 9.69. The van der Waals surface area contributed by atoms with Crippen LogP contribution in [0.25, 0.3) is 0 Å². The molecule has 1 saturated heterocycles. The smallest absolute Gasteiger partial charge is 0.309 e. The van der Waals surface area contributed by atoms with E-state index >= 15 is 0 Å². The Balaban J connectivity index is 1.86. The van der Waals surface area contributed by atoms with Crippen LogP contribution < -0.4 is 0 Å². The minimum absolute atomic E-state index is 0.0426. The molecule has 0 N–H and O–H groups in total. The molecule has 0 aromatic rings. The first kappa shape index (κ1) is 25.0. The molecule has 2 fully saturated rings. The Morgan fingerprint density at radius 1 is 1.06 bits per heavy atom. The second-order valence-corrected chi connectivity index (χ2v) is 11.6. The van der Waals surface area contributed by atoms with Crippen molar-refractivity contribution < 1.29 is 19.1 Å². The van der Waals surface area contributed by atoms with Crippen LogP contribution in [0.2, 0.25) is 0 Å². The van der Waals surface area contributed by atoms with Crippen molar-refractivity contribution in [2.45, 2.75) is 92.0 Å². The number of piperidine rings is 1. The maximum Gasteiger partial charge on any atom is 0.309 e. The van der Waals surface area contributed by atoms with Crippen LogP contribution in [0.3, 0.4) is 0 Å². The van der Waals surface area contributed by atoms with Gasteiger partial charge in [-0.1, -0.05) is 53.2 Å². The second-order valence-electron chi connectivity index (χ2n) is 11.6. The summed E-state index contributed by atoms with van der Waals surface area (Å²) in [5.74, 6) is -0.133. The Morgan fingerprint density at radius 2 is 1.72 bits per heavy atom. The molecule has 2 heterocycles. The minimum Gasteiger partial charge on any atom is -0.469 e. The van der Waals surface area contributed by atoms with E-state index in [0.29, 0.717) is 18.9 Å². The zero-order valence-corrected chi connectivity index (χ0v) is 21.0.